The Bertz CT molecular complexity index is 1370. The number of pyridine rings is 1. The molecule has 0 radical (unpaired) electrons. The second-order valence-electron chi connectivity index (χ2n) is 10.8. The maximum atomic E-state index is 14.6. The van der Waals surface area contributed by atoms with E-state index in [1.54, 1.807) is 29.3 Å². The van der Waals surface area contributed by atoms with Crippen LogP contribution in [0, 0.1) is 22.7 Å². The van der Waals surface area contributed by atoms with Crippen molar-refractivity contribution in [1.82, 2.24) is 24.6 Å². The van der Waals surface area contributed by atoms with Gasteiger partial charge < -0.3 is 14.4 Å². The van der Waals surface area contributed by atoms with E-state index >= 15 is 0 Å². The van der Waals surface area contributed by atoms with Crippen LogP contribution in [0.3, 0.4) is 0 Å². The number of anilines is 1. The van der Waals surface area contributed by atoms with Crippen molar-refractivity contribution in [3.05, 3.63) is 47.7 Å². The molecular weight excluding hydrogens is 467 g/mol. The Morgan fingerprint density at radius 3 is 2.61 bits per heavy atom. The lowest BCUT2D eigenvalue weighted by atomic mass is 9.93. The van der Waals surface area contributed by atoms with Crippen LogP contribution in [0.15, 0.2) is 30.5 Å². The maximum Gasteiger partial charge on any atom is 0.397 e. The second-order valence-corrected chi connectivity index (χ2v) is 10.8. The monoisotopic (exact) mass is 495 g/mol. The van der Waals surface area contributed by atoms with Gasteiger partial charge in [-0.25, -0.2) is 0 Å². The Morgan fingerprint density at radius 1 is 1.11 bits per heavy atom. The molecule has 188 valence electrons. The van der Waals surface area contributed by atoms with Gasteiger partial charge >= 0.3 is 6.18 Å². The van der Waals surface area contributed by atoms with Gasteiger partial charge in [0.1, 0.15) is 17.7 Å². The first-order valence-corrected chi connectivity index (χ1v) is 12.4. The molecule has 2 saturated heterocycles. The van der Waals surface area contributed by atoms with E-state index in [1.807, 2.05) is 17.7 Å². The summed E-state index contributed by atoms with van der Waals surface area (Å²) in [5.74, 6) is 1.67. The molecule has 0 unspecified atom stereocenters. The summed E-state index contributed by atoms with van der Waals surface area (Å²) in [5, 5.41) is 18.9. The molecule has 3 aliphatic rings. The number of hydrogen-bond acceptors (Lipinski definition) is 6. The van der Waals surface area contributed by atoms with Gasteiger partial charge in [-0.2, -0.15) is 18.4 Å². The van der Waals surface area contributed by atoms with Crippen molar-refractivity contribution >= 4 is 16.6 Å². The van der Waals surface area contributed by atoms with Crippen molar-refractivity contribution in [2.75, 3.05) is 38.1 Å². The summed E-state index contributed by atoms with van der Waals surface area (Å²) >= 11 is 0. The van der Waals surface area contributed by atoms with Gasteiger partial charge in [-0.15, -0.1) is 10.2 Å². The van der Waals surface area contributed by atoms with Gasteiger partial charge in [0.2, 0.25) is 0 Å². The molecular formula is C26H28F3N7. The van der Waals surface area contributed by atoms with Crippen molar-refractivity contribution in [3.8, 4) is 6.07 Å². The van der Waals surface area contributed by atoms with Gasteiger partial charge in [-0.3, -0.25) is 4.98 Å². The van der Waals surface area contributed by atoms with Gasteiger partial charge in [-0.1, -0.05) is 0 Å². The Balaban J connectivity index is 1.36. The molecule has 36 heavy (non-hydrogen) atoms. The molecule has 10 heteroatoms. The number of rotatable bonds is 4. The standard InChI is InChI=1S/C26H28F3N7/c1-34-10-7-17(8-11-34)12-21-32-33-23(35(21)2)24-14-25(24,26(27,28)29)16-36(15-24)20-6-5-18(13-30)22-19(20)4-3-9-31-22/h3-6,9,17H,7-8,10-12,14-16H2,1-2H3/t24-,25-/m0/s1. The molecule has 1 saturated carbocycles. The van der Waals surface area contributed by atoms with Crippen LogP contribution in [-0.4, -0.2) is 64.1 Å². The van der Waals surface area contributed by atoms with E-state index < -0.39 is 17.0 Å². The zero-order valence-electron chi connectivity index (χ0n) is 20.4. The first-order chi connectivity index (χ1) is 17.2. The first kappa shape index (κ1) is 23.2. The van der Waals surface area contributed by atoms with Crippen molar-refractivity contribution in [3.63, 3.8) is 0 Å². The predicted molar refractivity (Wildman–Crippen MR) is 128 cm³/mol. The minimum absolute atomic E-state index is 0.0205. The number of nitriles is 1. The van der Waals surface area contributed by atoms with Crippen LogP contribution in [0.25, 0.3) is 10.9 Å². The molecule has 2 aromatic heterocycles. The van der Waals surface area contributed by atoms with E-state index in [0.29, 0.717) is 33.9 Å². The van der Waals surface area contributed by atoms with Crippen LogP contribution in [0.1, 0.15) is 36.5 Å². The fraction of sp³-hybridized carbons (Fsp3) is 0.538. The Morgan fingerprint density at radius 2 is 1.89 bits per heavy atom. The number of alkyl halides is 3. The van der Waals surface area contributed by atoms with Crippen LogP contribution in [0.5, 0.6) is 0 Å². The minimum atomic E-state index is -4.37. The van der Waals surface area contributed by atoms with E-state index in [0.717, 1.165) is 38.2 Å². The molecule has 2 aliphatic heterocycles. The zero-order chi connectivity index (χ0) is 25.3. The SMILES string of the molecule is CN1CCC(Cc2nnc([C@]34CN(c5ccc(C#N)c6ncccc56)C[C@@]3(C(F)(F)F)C4)n2C)CC1. The van der Waals surface area contributed by atoms with Crippen molar-refractivity contribution < 1.29 is 13.2 Å². The van der Waals surface area contributed by atoms with E-state index in [4.69, 9.17) is 0 Å². The first-order valence-electron chi connectivity index (χ1n) is 12.4. The number of benzene rings is 1. The number of fused-ring (bicyclic) bond motifs is 2. The minimum Gasteiger partial charge on any atom is -0.369 e. The summed E-state index contributed by atoms with van der Waals surface area (Å²) in [4.78, 5) is 8.43. The average molecular weight is 496 g/mol. The highest BCUT2D eigenvalue weighted by atomic mass is 19.4. The van der Waals surface area contributed by atoms with Gasteiger partial charge in [-0.05, 0) is 69.6 Å². The Hall–Kier alpha value is -3.19. The van der Waals surface area contributed by atoms with E-state index in [2.05, 4.69) is 33.2 Å². The Kier molecular flexibility index (Phi) is 5.10. The summed E-state index contributed by atoms with van der Waals surface area (Å²) in [6.45, 7) is 2.10. The molecule has 3 fully saturated rings. The number of aromatic nitrogens is 4. The van der Waals surface area contributed by atoms with Gasteiger partial charge in [0.15, 0.2) is 0 Å². The van der Waals surface area contributed by atoms with E-state index in [9.17, 15) is 18.4 Å². The number of halogens is 3. The highest BCUT2D eigenvalue weighted by Crippen LogP contribution is 2.75. The highest BCUT2D eigenvalue weighted by molar-refractivity contribution is 5.95. The second kappa shape index (κ2) is 7.90. The van der Waals surface area contributed by atoms with Crippen LogP contribution in [-0.2, 0) is 18.9 Å². The molecule has 0 spiro atoms. The number of nitrogens with zero attached hydrogens (tertiary/aromatic N) is 7. The zero-order valence-corrected chi connectivity index (χ0v) is 20.4. The number of piperidine rings is 2. The van der Waals surface area contributed by atoms with Crippen LogP contribution in [0.2, 0.25) is 0 Å². The quantitative estimate of drug-likeness (QED) is 0.548. The Labute approximate surface area is 207 Å². The third-order valence-electron chi connectivity index (χ3n) is 8.77. The van der Waals surface area contributed by atoms with Crippen LogP contribution in [0.4, 0.5) is 18.9 Å². The topological polar surface area (TPSA) is 73.9 Å². The largest absolute Gasteiger partial charge is 0.397 e. The highest BCUT2D eigenvalue weighted by Gasteiger charge is 2.85. The van der Waals surface area contributed by atoms with Crippen molar-refractivity contribution in [1.29, 1.82) is 5.26 Å². The fourth-order valence-electron chi connectivity index (χ4n) is 6.59. The lowest BCUT2D eigenvalue weighted by Gasteiger charge is -2.28. The molecule has 0 amide bonds. The summed E-state index contributed by atoms with van der Waals surface area (Å²) in [6, 6.07) is 9.08. The van der Waals surface area contributed by atoms with Crippen LogP contribution >= 0.6 is 0 Å². The molecule has 0 N–H and O–H groups in total. The van der Waals surface area contributed by atoms with Gasteiger partial charge in [0, 0.05) is 43.8 Å². The summed E-state index contributed by atoms with van der Waals surface area (Å²) in [7, 11) is 3.93. The molecule has 7 nitrogen and oxygen atoms in total. The lowest BCUT2D eigenvalue weighted by Crippen LogP contribution is -2.34. The van der Waals surface area contributed by atoms with Crippen LogP contribution < -0.4 is 4.90 Å². The average Bonchev–Trinajstić information content (AvgIpc) is 3.18. The predicted octanol–water partition coefficient (Wildman–Crippen LogP) is 3.83. The third kappa shape index (κ3) is 3.25. The number of likely N-dealkylation sites (tertiary alicyclic amines) is 1. The molecule has 1 aliphatic carbocycles. The lowest BCUT2D eigenvalue weighted by molar-refractivity contribution is -0.186. The smallest absolute Gasteiger partial charge is 0.369 e. The summed E-state index contributed by atoms with van der Waals surface area (Å²) in [5.41, 5.74) is -1.42. The van der Waals surface area contributed by atoms with E-state index in [-0.39, 0.29) is 19.5 Å². The molecule has 6 rings (SSSR count). The van der Waals surface area contributed by atoms with Crippen molar-refractivity contribution in [2.24, 2.45) is 18.4 Å². The fourth-order valence-corrected chi connectivity index (χ4v) is 6.59. The van der Waals surface area contributed by atoms with E-state index in [1.165, 1.54) is 0 Å². The molecule has 2 atom stereocenters. The summed E-state index contributed by atoms with van der Waals surface area (Å²) < 4.78 is 45.8. The summed E-state index contributed by atoms with van der Waals surface area (Å²) in [6.07, 6.45) is 0.101. The number of hydrogen-bond donors (Lipinski definition) is 0. The molecule has 4 heterocycles. The molecule has 3 aromatic rings. The van der Waals surface area contributed by atoms with Crippen molar-refractivity contribution in [2.45, 2.75) is 37.3 Å². The molecule has 1 aromatic carbocycles. The maximum absolute atomic E-state index is 14.6. The van der Waals surface area contributed by atoms with Gasteiger partial charge in [0.05, 0.1) is 21.9 Å². The van der Waals surface area contributed by atoms with Gasteiger partial charge in [0.25, 0.3) is 0 Å². The third-order valence-corrected chi connectivity index (χ3v) is 8.77. The molecule has 0 bridgehead atoms. The normalized spacial score (nSPS) is 26.8.